The Morgan fingerprint density at radius 1 is 0.466 bits per heavy atom. The van der Waals surface area contributed by atoms with Crippen molar-refractivity contribution in [3.8, 4) is 0 Å². The van der Waals surface area contributed by atoms with Crippen molar-refractivity contribution in [2.24, 2.45) is 0 Å². The van der Waals surface area contributed by atoms with Gasteiger partial charge in [-0.3, -0.25) is 4.79 Å². The molecule has 1 amide bonds. The molecule has 0 aromatic carbocycles. The lowest BCUT2D eigenvalue weighted by atomic mass is 9.99. The van der Waals surface area contributed by atoms with Crippen molar-refractivity contribution in [2.75, 3.05) is 13.2 Å². The molecule has 9 nitrogen and oxygen atoms in total. The average molecular weight is 1030 g/mol. The number of aliphatic hydroxyl groups is 5. The Morgan fingerprint density at radius 3 is 1.19 bits per heavy atom. The Balaban J connectivity index is 2.19. The van der Waals surface area contributed by atoms with E-state index in [4.69, 9.17) is 9.47 Å². The number of unbranched alkanes of at least 4 members (excludes halogenated alkanes) is 38. The van der Waals surface area contributed by atoms with Crippen LogP contribution in [0, 0.1) is 0 Å². The predicted octanol–water partition coefficient (Wildman–Crippen LogP) is 16.1. The smallest absolute Gasteiger partial charge is 0.220 e. The van der Waals surface area contributed by atoms with Gasteiger partial charge in [-0.25, -0.2) is 0 Å². The van der Waals surface area contributed by atoms with E-state index >= 15 is 0 Å². The van der Waals surface area contributed by atoms with E-state index in [0.717, 1.165) is 51.4 Å². The Morgan fingerprint density at radius 2 is 0.808 bits per heavy atom. The van der Waals surface area contributed by atoms with Crippen LogP contribution in [0.5, 0.6) is 0 Å². The van der Waals surface area contributed by atoms with Gasteiger partial charge in [0.05, 0.1) is 25.4 Å². The van der Waals surface area contributed by atoms with E-state index in [9.17, 15) is 30.3 Å². The highest BCUT2D eigenvalue weighted by Crippen LogP contribution is 2.23. The molecule has 1 aliphatic heterocycles. The fourth-order valence-corrected chi connectivity index (χ4v) is 9.93. The molecule has 428 valence electrons. The van der Waals surface area contributed by atoms with E-state index in [1.807, 2.05) is 6.08 Å². The molecule has 1 saturated heterocycles. The molecule has 0 aliphatic carbocycles. The van der Waals surface area contributed by atoms with Crippen LogP contribution in [-0.4, -0.2) is 87.5 Å². The zero-order chi connectivity index (χ0) is 52.9. The molecule has 0 aromatic heterocycles. The van der Waals surface area contributed by atoms with Gasteiger partial charge in [0.15, 0.2) is 6.29 Å². The molecule has 0 bridgehead atoms. The minimum atomic E-state index is -1.57. The van der Waals surface area contributed by atoms with Crippen LogP contribution in [0.15, 0.2) is 48.6 Å². The number of ether oxygens (including phenoxy) is 2. The third kappa shape index (κ3) is 42.9. The highest BCUT2D eigenvalue weighted by molar-refractivity contribution is 5.76. The van der Waals surface area contributed by atoms with Crippen LogP contribution >= 0.6 is 0 Å². The van der Waals surface area contributed by atoms with Crippen LogP contribution in [0.4, 0.5) is 0 Å². The Bertz CT molecular complexity index is 1290. The zero-order valence-electron chi connectivity index (χ0n) is 47.6. The van der Waals surface area contributed by atoms with Crippen molar-refractivity contribution < 1.29 is 39.8 Å². The van der Waals surface area contributed by atoms with E-state index in [1.165, 1.54) is 225 Å². The molecule has 9 heteroatoms. The van der Waals surface area contributed by atoms with Gasteiger partial charge in [-0.2, -0.15) is 0 Å². The van der Waals surface area contributed by atoms with Crippen molar-refractivity contribution in [3.05, 3.63) is 48.6 Å². The summed E-state index contributed by atoms with van der Waals surface area (Å²) < 4.78 is 11.3. The fraction of sp³-hybridized carbons (Fsp3) is 0.859. The number of carbonyl (C=O) groups excluding carboxylic acids is 1. The van der Waals surface area contributed by atoms with E-state index < -0.39 is 49.5 Å². The number of aliphatic hydroxyl groups excluding tert-OH is 5. The minimum Gasteiger partial charge on any atom is -0.394 e. The Labute approximate surface area is 450 Å². The molecular weight excluding hydrogens is 911 g/mol. The normalized spacial score (nSPS) is 19.4. The van der Waals surface area contributed by atoms with Crippen molar-refractivity contribution in [2.45, 2.75) is 339 Å². The average Bonchev–Trinajstić information content (AvgIpc) is 3.39. The van der Waals surface area contributed by atoms with E-state index in [-0.39, 0.29) is 12.5 Å². The van der Waals surface area contributed by atoms with Gasteiger partial charge < -0.3 is 40.3 Å². The Kier molecular flexibility index (Phi) is 50.7. The van der Waals surface area contributed by atoms with Gasteiger partial charge in [0.2, 0.25) is 5.91 Å². The molecule has 7 atom stereocenters. The van der Waals surface area contributed by atoms with Gasteiger partial charge in [-0.15, -0.1) is 0 Å². The largest absolute Gasteiger partial charge is 0.394 e. The van der Waals surface area contributed by atoms with Crippen LogP contribution in [0.25, 0.3) is 0 Å². The number of hydrogen-bond donors (Lipinski definition) is 6. The van der Waals surface area contributed by atoms with Gasteiger partial charge >= 0.3 is 0 Å². The molecule has 0 radical (unpaired) electrons. The van der Waals surface area contributed by atoms with E-state index in [1.54, 1.807) is 6.08 Å². The molecule has 1 fully saturated rings. The highest BCUT2D eigenvalue weighted by Gasteiger charge is 2.44. The van der Waals surface area contributed by atoms with Crippen LogP contribution in [0.3, 0.4) is 0 Å². The second-order valence-electron chi connectivity index (χ2n) is 21.9. The lowest BCUT2D eigenvalue weighted by Crippen LogP contribution is -2.60. The molecular formula is C64H119NO8. The molecule has 6 N–H and O–H groups in total. The first kappa shape index (κ1) is 69.2. The van der Waals surface area contributed by atoms with Crippen LogP contribution in [0.2, 0.25) is 0 Å². The third-order valence-corrected chi connectivity index (χ3v) is 14.9. The summed E-state index contributed by atoms with van der Waals surface area (Å²) in [7, 11) is 0. The van der Waals surface area contributed by atoms with Crippen LogP contribution in [-0.2, 0) is 14.3 Å². The Hall–Kier alpha value is -1.85. The van der Waals surface area contributed by atoms with Crippen molar-refractivity contribution >= 4 is 5.91 Å². The van der Waals surface area contributed by atoms with Gasteiger partial charge in [-0.1, -0.05) is 281 Å². The highest BCUT2D eigenvalue weighted by atomic mass is 16.7. The number of hydrogen-bond acceptors (Lipinski definition) is 8. The summed E-state index contributed by atoms with van der Waals surface area (Å²) in [4.78, 5) is 13.1. The van der Waals surface area contributed by atoms with Crippen LogP contribution < -0.4 is 5.32 Å². The first-order chi connectivity index (χ1) is 35.8. The summed E-state index contributed by atoms with van der Waals surface area (Å²) in [5, 5.41) is 54.6. The summed E-state index contributed by atoms with van der Waals surface area (Å²) in [6.45, 7) is 3.80. The lowest BCUT2D eigenvalue weighted by molar-refractivity contribution is -0.302. The molecule has 1 aliphatic rings. The summed E-state index contributed by atoms with van der Waals surface area (Å²) in [6, 6.07) is -0.808. The first-order valence-electron chi connectivity index (χ1n) is 31.4. The molecule has 1 heterocycles. The maximum absolute atomic E-state index is 13.1. The van der Waals surface area contributed by atoms with Gasteiger partial charge in [-0.05, 0) is 57.8 Å². The van der Waals surface area contributed by atoms with Gasteiger partial charge in [0.25, 0.3) is 0 Å². The number of carbonyl (C=O) groups is 1. The standard InChI is InChI=1S/C64H119NO8/c1-3-5-7-9-11-13-15-17-19-21-23-25-27-28-29-30-32-34-36-38-40-42-44-46-48-50-52-54-60(68)65-57(56-72-64-63(71)62(70)61(69)59(55-66)73-64)58(67)53-51-49-47-45-43-41-39-37-35-33-31-26-24-22-20-18-16-14-12-10-8-6-4-2/h15,17,21,23,27-28,51,53,57-59,61-64,66-67,69-71H,3-14,16,18-20,22,24-26,29-50,52,54-56H2,1-2H3,(H,65,68)/b17-15-,23-21-,28-27-,53-51+. The molecule has 7 unspecified atom stereocenters. The SMILES string of the molecule is CCCCCCC/C=C\C/C=C\C/C=C\CCCCCCCCCCCCCCC(=O)NC(COC1OC(CO)C(O)C(O)C1O)C(O)/C=C/CCCCCCCCCCCCCCCCCCCCCCC. The summed E-state index contributed by atoms with van der Waals surface area (Å²) in [5.74, 6) is -0.176. The van der Waals surface area contributed by atoms with Crippen molar-refractivity contribution in [3.63, 3.8) is 0 Å². The molecule has 0 aromatic rings. The minimum absolute atomic E-state index is 0.176. The fourth-order valence-electron chi connectivity index (χ4n) is 9.93. The number of rotatable bonds is 54. The summed E-state index contributed by atoms with van der Waals surface area (Å²) >= 11 is 0. The van der Waals surface area contributed by atoms with Crippen molar-refractivity contribution in [1.82, 2.24) is 5.32 Å². The maximum Gasteiger partial charge on any atom is 0.220 e. The maximum atomic E-state index is 13.1. The second kappa shape index (κ2) is 53.5. The monoisotopic (exact) mass is 1030 g/mol. The third-order valence-electron chi connectivity index (χ3n) is 14.9. The molecule has 0 saturated carbocycles. The van der Waals surface area contributed by atoms with Gasteiger partial charge in [0.1, 0.15) is 24.4 Å². The molecule has 0 spiro atoms. The molecule has 73 heavy (non-hydrogen) atoms. The zero-order valence-corrected chi connectivity index (χ0v) is 47.6. The number of amides is 1. The number of allylic oxidation sites excluding steroid dienone is 7. The second-order valence-corrected chi connectivity index (χ2v) is 21.9. The van der Waals surface area contributed by atoms with Crippen molar-refractivity contribution in [1.29, 1.82) is 0 Å². The quantitative estimate of drug-likeness (QED) is 0.0261. The summed E-state index contributed by atoms with van der Waals surface area (Å²) in [6.07, 6.45) is 64.7. The topological polar surface area (TPSA) is 149 Å². The lowest BCUT2D eigenvalue weighted by Gasteiger charge is -2.40. The van der Waals surface area contributed by atoms with Gasteiger partial charge in [0, 0.05) is 6.42 Å². The molecule has 1 rings (SSSR count). The van der Waals surface area contributed by atoms with Crippen LogP contribution in [0.1, 0.15) is 296 Å². The predicted molar refractivity (Wildman–Crippen MR) is 309 cm³/mol. The van der Waals surface area contributed by atoms with E-state index in [2.05, 4.69) is 55.6 Å². The first-order valence-corrected chi connectivity index (χ1v) is 31.4. The van der Waals surface area contributed by atoms with E-state index in [0.29, 0.717) is 6.42 Å². The summed E-state index contributed by atoms with van der Waals surface area (Å²) in [5.41, 5.74) is 0. The number of nitrogens with one attached hydrogen (secondary N) is 1.